The molecule has 3 heterocycles. The number of aromatic nitrogens is 2. The minimum atomic E-state index is -3.70. The van der Waals surface area contributed by atoms with Gasteiger partial charge in [-0.1, -0.05) is 47.9 Å². The number of carbonyl (C=O) groups is 3. The van der Waals surface area contributed by atoms with Gasteiger partial charge in [-0.3, -0.25) is 9.59 Å². The van der Waals surface area contributed by atoms with Crippen LogP contribution in [0.3, 0.4) is 0 Å². The Morgan fingerprint density at radius 2 is 1.64 bits per heavy atom. The number of ether oxygens (including phenoxy) is 7. The molecule has 15 nitrogen and oxygen atoms in total. The Bertz CT molecular complexity index is 1760. The van der Waals surface area contributed by atoms with E-state index in [1.807, 2.05) is 35.4 Å². The molecule has 2 saturated heterocycles. The van der Waals surface area contributed by atoms with Crippen molar-refractivity contribution in [2.24, 2.45) is 0 Å². The zero-order valence-corrected chi connectivity index (χ0v) is 35.9. The van der Waals surface area contributed by atoms with Gasteiger partial charge in [-0.05, 0) is 55.5 Å². The van der Waals surface area contributed by atoms with Gasteiger partial charge in [0.2, 0.25) is 16.0 Å². The standard InChI is InChI=1S/C39H54FN3O12S3/c1-27(2)36-33(37(28-9-11-29(40)12-10-28)42-38(41-36)43(3)58(4,47)48)14-13-30-25-31(26-35(45)54-30)55-39(46)53-23-21-51-19-17-49-16-18-50-20-22-52-34(44)8-6-5-7-32-15-24-56-57-32/h9-14,27,30-32H,5-8,15-26H2,1-4H3/b14-13+/t30-,31+,32?/m0/s1. The van der Waals surface area contributed by atoms with E-state index >= 15 is 0 Å². The maximum atomic E-state index is 13.8. The third kappa shape index (κ3) is 16.6. The maximum absolute atomic E-state index is 13.8. The molecule has 1 unspecified atom stereocenters. The van der Waals surface area contributed by atoms with E-state index in [2.05, 4.69) is 9.97 Å². The minimum absolute atomic E-state index is 0.0552. The first-order valence-electron chi connectivity index (χ1n) is 19.3. The quantitative estimate of drug-likeness (QED) is 0.0493. The van der Waals surface area contributed by atoms with Crippen molar-refractivity contribution in [1.82, 2.24) is 9.97 Å². The lowest BCUT2D eigenvalue weighted by Gasteiger charge is -2.26. The van der Waals surface area contributed by atoms with Gasteiger partial charge in [0.05, 0.1) is 63.7 Å². The summed E-state index contributed by atoms with van der Waals surface area (Å²) in [5.41, 5.74) is 1.90. The second-order valence-electron chi connectivity index (χ2n) is 13.9. The van der Waals surface area contributed by atoms with Gasteiger partial charge in [0, 0.05) is 42.0 Å². The van der Waals surface area contributed by atoms with Gasteiger partial charge in [0.15, 0.2) is 0 Å². The fraction of sp³-hybridized carbons (Fsp3) is 0.615. The molecule has 0 aliphatic carbocycles. The predicted molar refractivity (Wildman–Crippen MR) is 219 cm³/mol. The average molecular weight is 872 g/mol. The lowest BCUT2D eigenvalue weighted by molar-refractivity contribution is -0.157. The first kappa shape index (κ1) is 47.2. The number of hydrogen-bond acceptors (Lipinski definition) is 16. The van der Waals surface area contributed by atoms with Gasteiger partial charge in [0.25, 0.3) is 0 Å². The fourth-order valence-electron chi connectivity index (χ4n) is 5.79. The highest BCUT2D eigenvalue weighted by atomic mass is 33.1. The molecule has 2 aliphatic rings. The highest BCUT2D eigenvalue weighted by Gasteiger charge is 2.31. The number of unbranched alkanes of at least 4 members (excludes halogenated alkanes) is 1. The third-order valence-corrected chi connectivity index (χ3v) is 13.1. The van der Waals surface area contributed by atoms with Gasteiger partial charge < -0.3 is 33.2 Å². The van der Waals surface area contributed by atoms with Crippen molar-refractivity contribution in [3.8, 4) is 11.3 Å². The molecule has 0 N–H and O–H groups in total. The van der Waals surface area contributed by atoms with Crippen LogP contribution in [0, 0.1) is 5.82 Å². The molecule has 2 fully saturated rings. The molecule has 0 spiro atoms. The Morgan fingerprint density at radius 3 is 2.26 bits per heavy atom. The monoisotopic (exact) mass is 871 g/mol. The number of halogens is 1. The van der Waals surface area contributed by atoms with Crippen LogP contribution in [0.2, 0.25) is 0 Å². The topological polar surface area (TPSA) is 179 Å². The van der Waals surface area contributed by atoms with Crippen molar-refractivity contribution in [3.63, 3.8) is 0 Å². The van der Waals surface area contributed by atoms with Crippen LogP contribution < -0.4 is 4.31 Å². The molecule has 0 radical (unpaired) electrons. The lowest BCUT2D eigenvalue weighted by atomic mass is 9.97. The second kappa shape index (κ2) is 24.6. The van der Waals surface area contributed by atoms with Crippen molar-refractivity contribution in [2.75, 3.05) is 76.2 Å². The molecule has 2 aliphatic heterocycles. The van der Waals surface area contributed by atoms with Crippen molar-refractivity contribution in [2.45, 2.75) is 82.2 Å². The Morgan fingerprint density at radius 1 is 0.983 bits per heavy atom. The summed E-state index contributed by atoms with van der Waals surface area (Å²) in [7, 11) is 1.53. The van der Waals surface area contributed by atoms with Crippen LogP contribution in [-0.2, 0) is 52.8 Å². The summed E-state index contributed by atoms with van der Waals surface area (Å²) >= 11 is 0. The normalized spacial score (nSPS) is 18.4. The Hall–Kier alpha value is -3.49. The van der Waals surface area contributed by atoms with Crippen LogP contribution in [0.25, 0.3) is 17.3 Å². The molecule has 0 bridgehead atoms. The molecule has 322 valence electrons. The van der Waals surface area contributed by atoms with E-state index in [0.29, 0.717) is 55.4 Å². The molecule has 0 saturated carbocycles. The second-order valence-corrected chi connectivity index (χ2v) is 18.7. The number of anilines is 1. The van der Waals surface area contributed by atoms with Crippen molar-refractivity contribution >= 4 is 61.7 Å². The third-order valence-electron chi connectivity index (χ3n) is 8.89. The first-order valence-corrected chi connectivity index (χ1v) is 23.5. The number of rotatable bonds is 24. The van der Waals surface area contributed by atoms with E-state index in [9.17, 15) is 27.2 Å². The van der Waals surface area contributed by atoms with Crippen LogP contribution >= 0.6 is 21.6 Å². The van der Waals surface area contributed by atoms with E-state index in [-0.39, 0.29) is 57.1 Å². The van der Waals surface area contributed by atoms with Crippen LogP contribution in [0.1, 0.15) is 76.0 Å². The van der Waals surface area contributed by atoms with Gasteiger partial charge in [-0.15, -0.1) is 0 Å². The largest absolute Gasteiger partial charge is 0.508 e. The maximum Gasteiger partial charge on any atom is 0.508 e. The molecular formula is C39H54FN3O12S3. The van der Waals surface area contributed by atoms with Gasteiger partial charge >= 0.3 is 18.1 Å². The first-order chi connectivity index (χ1) is 27.8. The summed E-state index contributed by atoms with van der Waals surface area (Å²) in [6.45, 7) is 5.56. The molecule has 58 heavy (non-hydrogen) atoms. The highest BCUT2D eigenvalue weighted by Crippen LogP contribution is 2.40. The summed E-state index contributed by atoms with van der Waals surface area (Å²) in [5.74, 6) is -0.249. The molecule has 0 amide bonds. The van der Waals surface area contributed by atoms with E-state index in [1.165, 1.54) is 43.5 Å². The molecule has 4 rings (SSSR count). The minimum Gasteiger partial charge on any atom is -0.463 e. The Kier molecular flexibility index (Phi) is 20.0. The molecule has 1 aromatic carbocycles. The number of nitrogens with zero attached hydrogens (tertiary/aromatic N) is 3. The smallest absolute Gasteiger partial charge is 0.463 e. The van der Waals surface area contributed by atoms with Crippen molar-refractivity contribution in [1.29, 1.82) is 0 Å². The highest BCUT2D eigenvalue weighted by molar-refractivity contribution is 8.77. The Labute approximate surface area is 347 Å². The number of benzene rings is 1. The van der Waals surface area contributed by atoms with Gasteiger partial charge in [-0.2, -0.15) is 0 Å². The number of sulfonamides is 1. The SMILES string of the molecule is CC(C)c1nc(N(C)S(C)(=O)=O)nc(-c2ccc(F)cc2)c1/C=C/[C@H]1C[C@@H](OC(=O)OCCOCCOCCOCCOC(=O)CCCCC2CCSS2)CC(=O)O1. The van der Waals surface area contributed by atoms with Gasteiger partial charge in [-0.25, -0.2) is 31.9 Å². The number of cyclic esters (lactones) is 1. The lowest BCUT2D eigenvalue weighted by Crippen LogP contribution is -2.34. The van der Waals surface area contributed by atoms with Crippen LogP contribution in [0.15, 0.2) is 30.3 Å². The van der Waals surface area contributed by atoms with Crippen LogP contribution in [0.4, 0.5) is 15.1 Å². The average Bonchev–Trinajstić information content (AvgIpc) is 3.70. The zero-order chi connectivity index (χ0) is 41.9. The molecule has 1 aromatic heterocycles. The Balaban J connectivity index is 1.13. The molecule has 2 aromatic rings. The molecule has 3 atom stereocenters. The predicted octanol–water partition coefficient (Wildman–Crippen LogP) is 6.35. The van der Waals surface area contributed by atoms with Crippen molar-refractivity contribution in [3.05, 3.63) is 47.4 Å². The van der Waals surface area contributed by atoms with Gasteiger partial charge in [0.1, 0.15) is 31.2 Å². The number of hydrogen-bond donors (Lipinski definition) is 0. The fourth-order valence-corrected chi connectivity index (χ4v) is 9.19. The summed E-state index contributed by atoms with van der Waals surface area (Å²) in [6, 6.07) is 5.59. The number of esters is 2. The zero-order valence-electron chi connectivity index (χ0n) is 33.4. The van der Waals surface area contributed by atoms with E-state index in [1.54, 1.807) is 12.2 Å². The summed E-state index contributed by atoms with van der Waals surface area (Å²) in [5, 5.41) is 0.724. The number of carbonyl (C=O) groups excluding carboxylic acids is 3. The summed E-state index contributed by atoms with van der Waals surface area (Å²) in [4.78, 5) is 45.8. The summed E-state index contributed by atoms with van der Waals surface area (Å²) < 4.78 is 77.0. The molecular weight excluding hydrogens is 818 g/mol. The summed E-state index contributed by atoms with van der Waals surface area (Å²) in [6.07, 6.45) is 6.51. The van der Waals surface area contributed by atoms with E-state index in [0.717, 1.165) is 35.1 Å². The van der Waals surface area contributed by atoms with Crippen LogP contribution in [-0.4, -0.2) is 126 Å². The molecule has 19 heteroatoms. The van der Waals surface area contributed by atoms with E-state index < -0.39 is 40.2 Å². The van der Waals surface area contributed by atoms with E-state index in [4.69, 9.17) is 33.2 Å². The van der Waals surface area contributed by atoms with Crippen LogP contribution in [0.5, 0.6) is 0 Å². The van der Waals surface area contributed by atoms with Crippen molar-refractivity contribution < 1.29 is 60.3 Å².